The SMILES string of the molecule is COc1ccc(Nc2ccc(C(=O)NCc3cccnc3)cn2)cc1OC. The molecule has 0 aliphatic rings. The lowest BCUT2D eigenvalue weighted by Gasteiger charge is -2.11. The normalized spacial score (nSPS) is 10.1. The number of hydrogen-bond donors (Lipinski definition) is 2. The van der Waals surface area contributed by atoms with Crippen molar-refractivity contribution < 1.29 is 14.3 Å². The summed E-state index contributed by atoms with van der Waals surface area (Å²) in [5.74, 6) is 1.69. The zero-order chi connectivity index (χ0) is 19.1. The van der Waals surface area contributed by atoms with E-state index in [1.807, 2.05) is 24.3 Å². The summed E-state index contributed by atoms with van der Waals surface area (Å²) in [7, 11) is 3.17. The van der Waals surface area contributed by atoms with Crippen molar-refractivity contribution in [3.8, 4) is 11.5 Å². The minimum absolute atomic E-state index is 0.191. The standard InChI is InChI=1S/C20H20N4O3/c1-26-17-7-6-16(10-18(17)27-2)24-19-8-5-15(13-22-19)20(25)23-12-14-4-3-9-21-11-14/h3-11,13H,12H2,1-2H3,(H,22,24)(H,23,25). The largest absolute Gasteiger partial charge is 0.493 e. The average Bonchev–Trinajstić information content (AvgIpc) is 2.73. The van der Waals surface area contributed by atoms with Crippen LogP contribution in [0.1, 0.15) is 15.9 Å². The third kappa shape index (κ3) is 4.72. The van der Waals surface area contributed by atoms with Gasteiger partial charge in [-0.25, -0.2) is 4.98 Å². The van der Waals surface area contributed by atoms with E-state index in [0.717, 1.165) is 11.3 Å². The van der Waals surface area contributed by atoms with Crippen LogP contribution >= 0.6 is 0 Å². The Balaban J connectivity index is 1.62. The number of benzene rings is 1. The van der Waals surface area contributed by atoms with Crippen molar-refractivity contribution in [2.75, 3.05) is 19.5 Å². The summed E-state index contributed by atoms with van der Waals surface area (Å²) < 4.78 is 10.5. The molecule has 7 heteroatoms. The molecule has 0 aliphatic heterocycles. The molecule has 2 heterocycles. The summed E-state index contributed by atoms with van der Waals surface area (Å²) in [5, 5.41) is 6.01. The van der Waals surface area contributed by atoms with Crippen LogP contribution in [0.5, 0.6) is 11.5 Å². The van der Waals surface area contributed by atoms with Crippen molar-refractivity contribution in [1.82, 2.24) is 15.3 Å². The molecule has 0 atom stereocenters. The van der Waals surface area contributed by atoms with Crippen LogP contribution in [0.4, 0.5) is 11.5 Å². The Labute approximate surface area is 157 Å². The summed E-state index contributed by atoms with van der Waals surface area (Å²) in [4.78, 5) is 20.5. The Morgan fingerprint density at radius 3 is 2.56 bits per heavy atom. The molecule has 0 radical (unpaired) electrons. The van der Waals surface area contributed by atoms with Crippen molar-refractivity contribution in [2.24, 2.45) is 0 Å². The van der Waals surface area contributed by atoms with Gasteiger partial charge < -0.3 is 20.1 Å². The van der Waals surface area contributed by atoms with Gasteiger partial charge >= 0.3 is 0 Å². The van der Waals surface area contributed by atoms with E-state index in [1.165, 1.54) is 6.20 Å². The summed E-state index contributed by atoms with van der Waals surface area (Å²) >= 11 is 0. The van der Waals surface area contributed by atoms with Crippen molar-refractivity contribution in [2.45, 2.75) is 6.54 Å². The molecular formula is C20H20N4O3. The molecule has 0 saturated carbocycles. The number of aromatic nitrogens is 2. The Morgan fingerprint density at radius 2 is 1.89 bits per heavy atom. The quantitative estimate of drug-likeness (QED) is 0.670. The van der Waals surface area contributed by atoms with Crippen LogP contribution in [0.15, 0.2) is 61.1 Å². The maximum Gasteiger partial charge on any atom is 0.253 e. The highest BCUT2D eigenvalue weighted by Crippen LogP contribution is 2.30. The molecule has 3 rings (SSSR count). The van der Waals surface area contributed by atoms with Crippen molar-refractivity contribution in [3.05, 3.63) is 72.2 Å². The van der Waals surface area contributed by atoms with E-state index in [1.54, 1.807) is 44.8 Å². The summed E-state index contributed by atoms with van der Waals surface area (Å²) in [6.07, 6.45) is 4.94. The van der Waals surface area contributed by atoms with Gasteiger partial charge in [0.2, 0.25) is 0 Å². The molecule has 0 fully saturated rings. The van der Waals surface area contributed by atoms with Crippen LogP contribution in [0.2, 0.25) is 0 Å². The molecule has 7 nitrogen and oxygen atoms in total. The van der Waals surface area contributed by atoms with Gasteiger partial charge in [-0.3, -0.25) is 9.78 Å². The first kappa shape index (κ1) is 18.2. The van der Waals surface area contributed by atoms with Crippen molar-refractivity contribution in [3.63, 3.8) is 0 Å². The molecule has 27 heavy (non-hydrogen) atoms. The number of pyridine rings is 2. The minimum atomic E-state index is -0.191. The van der Waals surface area contributed by atoms with Gasteiger partial charge in [-0.05, 0) is 35.9 Å². The van der Waals surface area contributed by atoms with E-state index in [-0.39, 0.29) is 5.91 Å². The fourth-order valence-corrected chi connectivity index (χ4v) is 2.45. The average molecular weight is 364 g/mol. The van der Waals surface area contributed by atoms with Gasteiger partial charge in [-0.15, -0.1) is 0 Å². The Kier molecular flexibility index (Phi) is 5.84. The van der Waals surface area contributed by atoms with Gasteiger partial charge in [0.1, 0.15) is 5.82 Å². The van der Waals surface area contributed by atoms with Gasteiger partial charge in [0.15, 0.2) is 11.5 Å². The highest BCUT2D eigenvalue weighted by Gasteiger charge is 2.08. The first-order chi connectivity index (χ1) is 13.2. The molecule has 0 bridgehead atoms. The molecule has 0 saturated heterocycles. The van der Waals surface area contributed by atoms with Crippen LogP contribution in [0.25, 0.3) is 0 Å². The number of rotatable bonds is 7. The summed E-state index contributed by atoms with van der Waals surface area (Å²) in [6.45, 7) is 0.415. The maximum atomic E-state index is 12.2. The van der Waals surface area contributed by atoms with E-state index in [4.69, 9.17) is 9.47 Å². The highest BCUT2D eigenvalue weighted by atomic mass is 16.5. The Morgan fingerprint density at radius 1 is 1.04 bits per heavy atom. The van der Waals surface area contributed by atoms with Crippen molar-refractivity contribution in [1.29, 1.82) is 0 Å². The molecule has 1 aromatic carbocycles. The van der Waals surface area contributed by atoms with E-state index >= 15 is 0 Å². The fraction of sp³-hybridized carbons (Fsp3) is 0.150. The third-order valence-corrected chi connectivity index (χ3v) is 3.86. The van der Waals surface area contributed by atoms with Gasteiger partial charge in [-0.1, -0.05) is 6.07 Å². The van der Waals surface area contributed by atoms with Gasteiger partial charge in [0.05, 0.1) is 19.8 Å². The lowest BCUT2D eigenvalue weighted by molar-refractivity contribution is 0.0950. The first-order valence-corrected chi connectivity index (χ1v) is 8.32. The smallest absolute Gasteiger partial charge is 0.253 e. The van der Waals surface area contributed by atoms with Gasteiger partial charge in [0, 0.05) is 36.9 Å². The minimum Gasteiger partial charge on any atom is -0.493 e. The topological polar surface area (TPSA) is 85.4 Å². The highest BCUT2D eigenvalue weighted by molar-refractivity contribution is 5.94. The lowest BCUT2D eigenvalue weighted by atomic mass is 10.2. The number of methoxy groups -OCH3 is 2. The predicted octanol–water partition coefficient (Wildman–Crippen LogP) is 3.17. The molecule has 2 aromatic heterocycles. The molecule has 0 unspecified atom stereocenters. The fourth-order valence-electron chi connectivity index (χ4n) is 2.45. The van der Waals surface area contributed by atoms with Crippen LogP contribution in [-0.4, -0.2) is 30.1 Å². The zero-order valence-electron chi connectivity index (χ0n) is 15.1. The Bertz CT molecular complexity index is 899. The second-order valence-electron chi connectivity index (χ2n) is 5.67. The van der Waals surface area contributed by atoms with Crippen LogP contribution in [-0.2, 0) is 6.54 Å². The summed E-state index contributed by atoms with van der Waals surface area (Å²) in [5.41, 5.74) is 2.22. The molecule has 0 spiro atoms. The molecule has 0 aliphatic carbocycles. The molecular weight excluding hydrogens is 344 g/mol. The zero-order valence-corrected chi connectivity index (χ0v) is 15.1. The number of hydrogen-bond acceptors (Lipinski definition) is 6. The molecule has 1 amide bonds. The van der Waals surface area contributed by atoms with E-state index in [2.05, 4.69) is 20.6 Å². The van der Waals surface area contributed by atoms with Crippen molar-refractivity contribution >= 4 is 17.4 Å². The number of nitrogens with one attached hydrogen (secondary N) is 2. The second-order valence-corrected chi connectivity index (χ2v) is 5.67. The number of carbonyl (C=O) groups excluding carboxylic acids is 1. The number of anilines is 2. The number of nitrogens with zero attached hydrogens (tertiary/aromatic N) is 2. The van der Waals surface area contributed by atoms with Crippen LogP contribution in [0, 0.1) is 0 Å². The number of ether oxygens (including phenoxy) is 2. The lowest BCUT2D eigenvalue weighted by Crippen LogP contribution is -2.22. The number of amides is 1. The first-order valence-electron chi connectivity index (χ1n) is 8.32. The maximum absolute atomic E-state index is 12.2. The Hall–Kier alpha value is -3.61. The monoisotopic (exact) mass is 364 g/mol. The molecule has 2 N–H and O–H groups in total. The summed E-state index contributed by atoms with van der Waals surface area (Å²) in [6, 6.07) is 12.7. The van der Waals surface area contributed by atoms with Crippen LogP contribution < -0.4 is 20.1 Å². The number of carbonyl (C=O) groups is 1. The second kappa shape index (κ2) is 8.66. The van der Waals surface area contributed by atoms with Crippen LogP contribution in [0.3, 0.4) is 0 Å². The van der Waals surface area contributed by atoms with E-state index < -0.39 is 0 Å². The van der Waals surface area contributed by atoms with Gasteiger partial charge in [-0.2, -0.15) is 0 Å². The molecule has 138 valence electrons. The van der Waals surface area contributed by atoms with Gasteiger partial charge in [0.25, 0.3) is 5.91 Å². The van der Waals surface area contributed by atoms with E-state index in [0.29, 0.717) is 29.4 Å². The predicted molar refractivity (Wildman–Crippen MR) is 102 cm³/mol. The van der Waals surface area contributed by atoms with E-state index in [9.17, 15) is 4.79 Å². The third-order valence-electron chi connectivity index (χ3n) is 3.86. The molecule has 3 aromatic rings.